The second-order valence-electron chi connectivity index (χ2n) is 6.11. The maximum Gasteiger partial charge on any atom is 0.251 e. The van der Waals surface area contributed by atoms with Gasteiger partial charge in [0.15, 0.2) is 5.96 Å². The molecular weight excluding hydrogens is 378 g/mol. The zero-order valence-corrected chi connectivity index (χ0v) is 15.7. The van der Waals surface area contributed by atoms with Gasteiger partial charge >= 0.3 is 0 Å². The normalized spacial score (nSPS) is 17.3. The Morgan fingerprint density at radius 2 is 2.08 bits per heavy atom. The highest BCUT2D eigenvalue weighted by Crippen LogP contribution is 2.16. The highest BCUT2D eigenvalue weighted by atomic mass is 79.9. The van der Waals surface area contributed by atoms with Crippen LogP contribution < -0.4 is 10.6 Å². The van der Waals surface area contributed by atoms with Crippen molar-refractivity contribution >= 4 is 21.9 Å². The molecule has 24 heavy (non-hydrogen) atoms. The monoisotopic (exact) mass is 402 g/mol. The second kappa shape index (κ2) is 9.32. The number of halogens is 3. The molecule has 1 saturated heterocycles. The standard InChI is InChI=1S/C17H25BrF2N4/c1-12-9-14(18)4-3-13(12)10-22-17(21-2)23-15-5-7-24(8-6-15)11-16(19)20/h3-4,9,15-16H,5-8,10-11H2,1-2H3,(H2,21,22,23). The Labute approximate surface area is 150 Å². The summed E-state index contributed by atoms with van der Waals surface area (Å²) in [7, 11) is 1.75. The molecule has 1 aromatic carbocycles. The van der Waals surface area contributed by atoms with E-state index in [9.17, 15) is 8.78 Å². The maximum atomic E-state index is 12.4. The Kier molecular flexibility index (Phi) is 7.42. The summed E-state index contributed by atoms with van der Waals surface area (Å²) in [6.07, 6.45) is -0.548. The Bertz CT molecular complexity index is 558. The van der Waals surface area contributed by atoms with Gasteiger partial charge in [-0.05, 0) is 43.0 Å². The van der Waals surface area contributed by atoms with E-state index in [-0.39, 0.29) is 12.6 Å². The molecule has 0 unspecified atom stereocenters. The summed E-state index contributed by atoms with van der Waals surface area (Å²) < 4.78 is 25.9. The van der Waals surface area contributed by atoms with E-state index < -0.39 is 6.43 Å². The van der Waals surface area contributed by atoms with Gasteiger partial charge in [-0.2, -0.15) is 0 Å². The van der Waals surface area contributed by atoms with E-state index in [1.165, 1.54) is 11.1 Å². The Balaban J connectivity index is 1.79. The van der Waals surface area contributed by atoms with Crippen molar-refractivity contribution in [2.75, 3.05) is 26.7 Å². The van der Waals surface area contributed by atoms with Crippen molar-refractivity contribution in [2.45, 2.75) is 38.8 Å². The van der Waals surface area contributed by atoms with Crippen LogP contribution in [0.15, 0.2) is 27.7 Å². The van der Waals surface area contributed by atoms with E-state index in [4.69, 9.17) is 0 Å². The fourth-order valence-corrected chi connectivity index (χ4v) is 3.36. The van der Waals surface area contributed by atoms with Gasteiger partial charge in [0, 0.05) is 37.2 Å². The molecule has 1 aromatic rings. The molecule has 134 valence electrons. The Morgan fingerprint density at radius 1 is 1.38 bits per heavy atom. The van der Waals surface area contributed by atoms with Crippen LogP contribution in [-0.2, 0) is 6.54 Å². The Morgan fingerprint density at radius 3 is 2.67 bits per heavy atom. The minimum atomic E-state index is -2.25. The van der Waals surface area contributed by atoms with Crippen LogP contribution in [0, 0.1) is 6.92 Å². The minimum Gasteiger partial charge on any atom is -0.354 e. The van der Waals surface area contributed by atoms with E-state index in [0.717, 1.165) is 23.3 Å². The molecule has 1 fully saturated rings. The summed E-state index contributed by atoms with van der Waals surface area (Å²) in [6, 6.07) is 6.48. The number of likely N-dealkylation sites (tertiary alicyclic amines) is 1. The molecule has 0 aliphatic carbocycles. The van der Waals surface area contributed by atoms with Crippen LogP contribution in [0.5, 0.6) is 0 Å². The van der Waals surface area contributed by atoms with E-state index in [0.29, 0.717) is 19.6 Å². The number of nitrogens with one attached hydrogen (secondary N) is 2. The number of hydrogen-bond donors (Lipinski definition) is 2. The lowest BCUT2D eigenvalue weighted by Crippen LogP contribution is -2.49. The SMILES string of the molecule is CN=C(NCc1ccc(Br)cc1C)NC1CCN(CC(F)F)CC1. The van der Waals surface area contributed by atoms with Gasteiger partial charge in [-0.25, -0.2) is 8.78 Å². The van der Waals surface area contributed by atoms with Gasteiger partial charge in [0.2, 0.25) is 0 Å². The maximum absolute atomic E-state index is 12.4. The number of aliphatic imine (C=N–C) groups is 1. The lowest BCUT2D eigenvalue weighted by atomic mass is 10.1. The van der Waals surface area contributed by atoms with Gasteiger partial charge in [0.1, 0.15) is 0 Å². The van der Waals surface area contributed by atoms with E-state index >= 15 is 0 Å². The zero-order chi connectivity index (χ0) is 17.5. The molecular formula is C17H25BrF2N4. The van der Waals surface area contributed by atoms with Gasteiger partial charge in [0.25, 0.3) is 6.43 Å². The average molecular weight is 403 g/mol. The topological polar surface area (TPSA) is 39.7 Å². The van der Waals surface area contributed by atoms with E-state index in [2.05, 4.69) is 50.6 Å². The summed E-state index contributed by atoms with van der Waals surface area (Å²) in [5.74, 6) is 0.754. The molecule has 7 heteroatoms. The number of aryl methyl sites for hydroxylation is 1. The molecule has 4 nitrogen and oxygen atoms in total. The summed E-state index contributed by atoms with van der Waals surface area (Å²) in [5.41, 5.74) is 2.43. The number of piperidine rings is 1. The minimum absolute atomic E-state index is 0.122. The number of rotatable bonds is 5. The third-order valence-electron chi connectivity index (χ3n) is 4.30. The average Bonchev–Trinajstić information content (AvgIpc) is 2.54. The predicted molar refractivity (Wildman–Crippen MR) is 97.7 cm³/mol. The molecule has 0 spiro atoms. The highest BCUT2D eigenvalue weighted by Gasteiger charge is 2.21. The first kappa shape index (κ1) is 19.1. The van der Waals surface area contributed by atoms with Gasteiger partial charge in [0.05, 0.1) is 6.54 Å². The first-order valence-corrected chi connectivity index (χ1v) is 9.00. The van der Waals surface area contributed by atoms with Crippen molar-refractivity contribution in [3.8, 4) is 0 Å². The lowest BCUT2D eigenvalue weighted by molar-refractivity contribution is 0.0744. The molecule has 0 saturated carbocycles. The summed E-state index contributed by atoms with van der Waals surface area (Å²) >= 11 is 3.47. The second-order valence-corrected chi connectivity index (χ2v) is 7.02. The number of alkyl halides is 2. The van der Waals surface area contributed by atoms with Crippen molar-refractivity contribution < 1.29 is 8.78 Å². The van der Waals surface area contributed by atoms with Crippen LogP contribution in [0.25, 0.3) is 0 Å². The number of hydrogen-bond acceptors (Lipinski definition) is 2. The van der Waals surface area contributed by atoms with Crippen molar-refractivity contribution in [1.29, 1.82) is 0 Å². The zero-order valence-electron chi connectivity index (χ0n) is 14.2. The lowest BCUT2D eigenvalue weighted by Gasteiger charge is -2.32. The van der Waals surface area contributed by atoms with Crippen LogP contribution in [0.2, 0.25) is 0 Å². The highest BCUT2D eigenvalue weighted by molar-refractivity contribution is 9.10. The van der Waals surface area contributed by atoms with Crippen LogP contribution in [-0.4, -0.2) is 50.0 Å². The third kappa shape index (κ3) is 6.02. The quantitative estimate of drug-likeness (QED) is 0.586. The van der Waals surface area contributed by atoms with Crippen LogP contribution in [0.4, 0.5) is 8.78 Å². The molecule has 0 aromatic heterocycles. The van der Waals surface area contributed by atoms with Crippen LogP contribution in [0.1, 0.15) is 24.0 Å². The van der Waals surface area contributed by atoms with Gasteiger partial charge < -0.3 is 10.6 Å². The van der Waals surface area contributed by atoms with Crippen molar-refractivity contribution in [3.63, 3.8) is 0 Å². The number of benzene rings is 1. The summed E-state index contributed by atoms with van der Waals surface area (Å²) in [5, 5.41) is 6.72. The summed E-state index contributed by atoms with van der Waals surface area (Å²) in [6.45, 7) is 4.05. The van der Waals surface area contributed by atoms with Gasteiger partial charge in [-0.1, -0.05) is 22.0 Å². The van der Waals surface area contributed by atoms with Crippen molar-refractivity contribution in [1.82, 2.24) is 15.5 Å². The molecule has 1 aliphatic rings. The van der Waals surface area contributed by atoms with Crippen molar-refractivity contribution in [2.24, 2.45) is 4.99 Å². The van der Waals surface area contributed by atoms with Crippen molar-refractivity contribution in [3.05, 3.63) is 33.8 Å². The molecule has 2 rings (SSSR count). The van der Waals surface area contributed by atoms with Gasteiger partial charge in [-0.3, -0.25) is 9.89 Å². The summed E-state index contributed by atoms with van der Waals surface area (Å²) in [4.78, 5) is 6.09. The predicted octanol–water partition coefficient (Wildman–Crippen LogP) is 3.15. The first-order chi connectivity index (χ1) is 11.5. The molecule has 0 bridgehead atoms. The number of guanidine groups is 1. The molecule has 0 atom stereocenters. The van der Waals surface area contributed by atoms with Crippen LogP contribution >= 0.6 is 15.9 Å². The van der Waals surface area contributed by atoms with E-state index in [1.54, 1.807) is 7.05 Å². The number of nitrogens with zero attached hydrogens (tertiary/aromatic N) is 2. The molecule has 1 heterocycles. The van der Waals surface area contributed by atoms with E-state index in [1.807, 2.05) is 11.0 Å². The van der Waals surface area contributed by atoms with Crippen LogP contribution in [0.3, 0.4) is 0 Å². The fraction of sp³-hybridized carbons (Fsp3) is 0.588. The molecule has 2 N–H and O–H groups in total. The smallest absolute Gasteiger partial charge is 0.251 e. The van der Waals surface area contributed by atoms with Gasteiger partial charge in [-0.15, -0.1) is 0 Å². The molecule has 1 aliphatic heterocycles. The first-order valence-electron chi connectivity index (χ1n) is 8.20. The molecule has 0 radical (unpaired) electrons. The third-order valence-corrected chi connectivity index (χ3v) is 4.79. The largest absolute Gasteiger partial charge is 0.354 e. The fourth-order valence-electron chi connectivity index (χ4n) is 2.88. The molecule has 0 amide bonds. The Hall–Kier alpha value is -1.21.